The maximum Gasteiger partial charge on any atom is 0.407 e. The number of ether oxygens (including phenoxy) is 2. The van der Waals surface area contributed by atoms with Crippen LogP contribution in [-0.4, -0.2) is 103 Å². The molecular weight excluding hydrogens is 787 g/mol. The minimum absolute atomic E-state index is 0.00508. The summed E-state index contributed by atoms with van der Waals surface area (Å²) in [7, 11) is 1.30. The summed E-state index contributed by atoms with van der Waals surface area (Å²) >= 11 is 0. The molecule has 0 aromatic heterocycles. The van der Waals surface area contributed by atoms with Gasteiger partial charge in [-0.2, -0.15) is 0 Å². The largest absolute Gasteiger partial charge is 0.469 e. The van der Waals surface area contributed by atoms with Crippen LogP contribution in [-0.2, 0) is 43.0 Å². The van der Waals surface area contributed by atoms with E-state index >= 15 is 0 Å². The van der Waals surface area contributed by atoms with Crippen molar-refractivity contribution in [2.24, 2.45) is 23.7 Å². The van der Waals surface area contributed by atoms with Gasteiger partial charge in [-0.1, -0.05) is 55.4 Å². The van der Waals surface area contributed by atoms with Gasteiger partial charge < -0.3 is 46.7 Å². The molecule has 7 amide bonds. The first kappa shape index (κ1) is 56.6. The van der Waals surface area contributed by atoms with Crippen LogP contribution in [0, 0.1) is 23.7 Å². The van der Waals surface area contributed by atoms with Gasteiger partial charge in [-0.25, -0.2) is 4.79 Å². The molecular formula is C44H81N7O10. The molecule has 0 radical (unpaired) electrons. The monoisotopic (exact) mass is 868 g/mol. The number of methoxy groups -OCH3 is 1. The van der Waals surface area contributed by atoms with Crippen LogP contribution >= 0.6 is 0 Å². The number of carbonyl (C=O) groups is 8. The molecule has 0 spiro atoms. The van der Waals surface area contributed by atoms with Crippen molar-refractivity contribution in [1.82, 2.24) is 37.2 Å². The highest BCUT2D eigenvalue weighted by molar-refractivity contribution is 5.84. The van der Waals surface area contributed by atoms with Crippen LogP contribution in [0.1, 0.15) is 155 Å². The lowest BCUT2D eigenvalue weighted by Crippen LogP contribution is -2.47. The Morgan fingerprint density at radius 3 is 1.10 bits per heavy atom. The molecule has 0 unspecified atom stereocenters. The van der Waals surface area contributed by atoms with E-state index in [1.165, 1.54) is 7.11 Å². The Balaban J connectivity index is 5.10. The molecule has 352 valence electrons. The molecule has 0 saturated carbocycles. The molecule has 0 rings (SSSR count). The molecule has 0 aliphatic heterocycles. The zero-order valence-electron chi connectivity index (χ0n) is 39.8. The van der Waals surface area contributed by atoms with Gasteiger partial charge >= 0.3 is 12.1 Å². The van der Waals surface area contributed by atoms with Crippen molar-refractivity contribution in [2.75, 3.05) is 7.11 Å². The number of amides is 7. The van der Waals surface area contributed by atoms with Gasteiger partial charge in [-0.15, -0.1) is 0 Å². The van der Waals surface area contributed by atoms with Crippen LogP contribution in [0.4, 0.5) is 4.79 Å². The van der Waals surface area contributed by atoms with Crippen molar-refractivity contribution in [1.29, 1.82) is 0 Å². The summed E-state index contributed by atoms with van der Waals surface area (Å²) in [5.41, 5.74) is -0.682. The fraction of sp³-hybridized carbons (Fsp3) is 0.818. The normalized spacial score (nSPS) is 15.1. The molecule has 0 aliphatic rings. The van der Waals surface area contributed by atoms with Gasteiger partial charge in [0.05, 0.1) is 13.5 Å². The molecule has 7 N–H and O–H groups in total. The van der Waals surface area contributed by atoms with E-state index in [9.17, 15) is 38.4 Å². The topological polar surface area (TPSA) is 239 Å². The summed E-state index contributed by atoms with van der Waals surface area (Å²) < 4.78 is 10.1. The lowest BCUT2D eigenvalue weighted by molar-refractivity contribution is -0.141. The molecule has 0 heterocycles. The van der Waals surface area contributed by atoms with Crippen molar-refractivity contribution in [3.8, 4) is 0 Å². The Kier molecular flexibility index (Phi) is 26.2. The minimum Gasteiger partial charge on any atom is -0.469 e. The van der Waals surface area contributed by atoms with E-state index in [0.717, 1.165) is 0 Å². The smallest absolute Gasteiger partial charge is 0.407 e. The average molecular weight is 868 g/mol. The number of rotatable bonds is 27. The van der Waals surface area contributed by atoms with Crippen molar-refractivity contribution in [3.05, 3.63) is 0 Å². The van der Waals surface area contributed by atoms with Crippen molar-refractivity contribution in [3.63, 3.8) is 0 Å². The molecule has 7 atom stereocenters. The first-order chi connectivity index (χ1) is 28.1. The first-order valence-corrected chi connectivity index (χ1v) is 21.9. The Morgan fingerprint density at radius 2 is 0.754 bits per heavy atom. The summed E-state index contributed by atoms with van der Waals surface area (Å²) in [6.45, 7) is 25.8. The molecule has 0 aromatic rings. The van der Waals surface area contributed by atoms with Crippen molar-refractivity contribution >= 4 is 47.5 Å². The first-order valence-electron chi connectivity index (χ1n) is 21.9. The standard InChI is InChI=1S/C44H81N7O10/c1-25(2)16-32(48-36(52)18-29(9)47-41(57)24-35(28(7)8)51-43(59)61-44(12,13)14)21-39(55)45-31(11)20-38(54)50-34(27(5)6)23-40(56)46-30(10)19-37(53)49-33(17-26(3)4)22-42(58)60-15/h25-35H,16-24H2,1-15H3,(H,45,55)(H,46,56)(H,47,57)(H,48,52)(H,49,53)(H,50,54)(H,51,59)/t29-,30-,31-,32-,33-,34+,35+/m0/s1. The second kappa shape index (κ2) is 28.2. The predicted octanol–water partition coefficient (Wildman–Crippen LogP) is 4.16. The quantitative estimate of drug-likeness (QED) is 0.0582. The molecule has 0 aliphatic carbocycles. The fourth-order valence-electron chi connectivity index (χ4n) is 6.63. The number of carbonyl (C=O) groups excluding carboxylic acids is 8. The summed E-state index contributed by atoms with van der Waals surface area (Å²) in [6.07, 6.45) is 0.480. The highest BCUT2D eigenvalue weighted by atomic mass is 16.6. The van der Waals surface area contributed by atoms with Crippen LogP contribution < -0.4 is 37.2 Å². The van der Waals surface area contributed by atoms with Crippen molar-refractivity contribution in [2.45, 2.75) is 203 Å². The fourth-order valence-corrected chi connectivity index (χ4v) is 6.63. The van der Waals surface area contributed by atoms with E-state index in [0.29, 0.717) is 12.8 Å². The highest BCUT2D eigenvalue weighted by Gasteiger charge is 2.27. The van der Waals surface area contributed by atoms with E-state index in [4.69, 9.17) is 9.47 Å². The number of nitrogens with one attached hydrogen (secondary N) is 7. The van der Waals surface area contributed by atoms with Gasteiger partial charge in [-0.3, -0.25) is 33.6 Å². The number of alkyl carbamates (subject to hydrolysis) is 1. The molecule has 17 heteroatoms. The molecule has 0 aromatic carbocycles. The highest BCUT2D eigenvalue weighted by Crippen LogP contribution is 2.14. The number of hydrogen-bond donors (Lipinski definition) is 7. The Morgan fingerprint density at radius 1 is 0.426 bits per heavy atom. The zero-order valence-corrected chi connectivity index (χ0v) is 39.8. The Bertz CT molecular complexity index is 1430. The van der Waals surface area contributed by atoms with Crippen LogP contribution in [0.2, 0.25) is 0 Å². The summed E-state index contributed by atoms with van der Waals surface area (Å²) in [5.74, 6) is -2.15. The molecule has 0 saturated heterocycles. The van der Waals surface area contributed by atoms with Crippen LogP contribution in [0.15, 0.2) is 0 Å². The summed E-state index contributed by atoms with van der Waals surface area (Å²) in [4.78, 5) is 102. The van der Waals surface area contributed by atoms with E-state index < -0.39 is 53.9 Å². The summed E-state index contributed by atoms with van der Waals surface area (Å²) in [6, 6.07) is -3.41. The number of esters is 1. The van der Waals surface area contributed by atoms with Crippen molar-refractivity contribution < 1.29 is 47.8 Å². The average Bonchev–Trinajstić information content (AvgIpc) is 3.05. The van der Waals surface area contributed by atoms with E-state index in [2.05, 4.69) is 37.2 Å². The third-order valence-corrected chi connectivity index (χ3v) is 9.48. The van der Waals surface area contributed by atoms with Crippen LogP contribution in [0.3, 0.4) is 0 Å². The third kappa shape index (κ3) is 28.7. The van der Waals surface area contributed by atoms with Crippen LogP contribution in [0.5, 0.6) is 0 Å². The second-order valence-electron chi connectivity index (χ2n) is 19.1. The lowest BCUT2D eigenvalue weighted by Gasteiger charge is -2.26. The van der Waals surface area contributed by atoms with Gasteiger partial charge in [-0.05, 0) is 78.1 Å². The zero-order chi connectivity index (χ0) is 47.2. The summed E-state index contributed by atoms with van der Waals surface area (Å²) in [5, 5.41) is 19.9. The Hall–Kier alpha value is -4.44. The number of hydrogen-bond acceptors (Lipinski definition) is 10. The molecule has 0 fully saturated rings. The Labute approximate surface area is 365 Å². The van der Waals surface area contributed by atoms with Gasteiger partial charge in [0.15, 0.2) is 0 Å². The van der Waals surface area contributed by atoms with Crippen LogP contribution in [0.25, 0.3) is 0 Å². The van der Waals surface area contributed by atoms with E-state index in [1.807, 2.05) is 55.4 Å². The minimum atomic E-state index is -0.682. The molecule has 61 heavy (non-hydrogen) atoms. The second-order valence-corrected chi connectivity index (χ2v) is 19.1. The SMILES string of the molecule is COC(=O)C[C@H](CC(C)C)NC(=O)C[C@H](C)NC(=O)C[C@@H](NC(=O)C[C@H](C)NC(=O)C[C@H](CC(C)C)NC(=O)C[C@H](C)NC(=O)C[C@@H](NC(=O)OC(C)(C)C)C(C)C)C(C)C. The maximum atomic E-state index is 13.1. The maximum absolute atomic E-state index is 13.1. The van der Waals surface area contributed by atoms with E-state index in [-0.39, 0.29) is 110 Å². The van der Waals surface area contributed by atoms with Gasteiger partial charge in [0.1, 0.15) is 5.60 Å². The molecule has 0 bridgehead atoms. The van der Waals surface area contributed by atoms with Gasteiger partial charge in [0.2, 0.25) is 35.4 Å². The van der Waals surface area contributed by atoms with E-state index in [1.54, 1.807) is 41.5 Å². The third-order valence-electron chi connectivity index (χ3n) is 9.48. The van der Waals surface area contributed by atoms with Gasteiger partial charge in [0.25, 0.3) is 0 Å². The molecule has 17 nitrogen and oxygen atoms in total. The van der Waals surface area contributed by atoms with Gasteiger partial charge in [0, 0.05) is 80.8 Å². The predicted molar refractivity (Wildman–Crippen MR) is 235 cm³/mol. The lowest BCUT2D eigenvalue weighted by atomic mass is 9.99.